The highest BCUT2D eigenvalue weighted by molar-refractivity contribution is 5.31. The van der Waals surface area contributed by atoms with E-state index >= 15 is 0 Å². The second-order valence-electron chi connectivity index (χ2n) is 4.50. The molecule has 0 nitrogen and oxygen atoms in total. The van der Waals surface area contributed by atoms with Crippen molar-refractivity contribution in [3.63, 3.8) is 0 Å². The van der Waals surface area contributed by atoms with Crippen LogP contribution < -0.4 is 0 Å². The molecule has 0 amide bonds. The van der Waals surface area contributed by atoms with Crippen LogP contribution in [-0.2, 0) is 5.41 Å². The molecule has 1 rings (SSSR count). The maximum absolute atomic E-state index is 3.39. The van der Waals surface area contributed by atoms with Gasteiger partial charge < -0.3 is 0 Å². The molecular weight excluding hydrogens is 144 g/mol. The first-order valence-corrected chi connectivity index (χ1v) is 4.40. The van der Waals surface area contributed by atoms with E-state index in [1.54, 1.807) is 0 Å². The summed E-state index contributed by atoms with van der Waals surface area (Å²) >= 11 is 0. The fraction of sp³-hybridized carbons (Fsp3) is 0.500. The van der Waals surface area contributed by atoms with Crippen LogP contribution in [0.3, 0.4) is 0 Å². The average molecular weight is 161 g/mol. The Bertz CT molecular complexity index is 256. The predicted octanol–water partition coefficient (Wildman–Crippen LogP) is 3.40. The number of hydrogen-bond donors (Lipinski definition) is 0. The van der Waals surface area contributed by atoms with Gasteiger partial charge in [-0.1, -0.05) is 38.5 Å². The SMILES string of the molecule is Cc1[c]c(C(C)(C)C)cc(C)c1. The van der Waals surface area contributed by atoms with Crippen LogP contribution in [0.5, 0.6) is 0 Å². The lowest BCUT2D eigenvalue weighted by molar-refractivity contribution is 0.588. The second kappa shape index (κ2) is 2.93. The van der Waals surface area contributed by atoms with Gasteiger partial charge in [0.15, 0.2) is 0 Å². The van der Waals surface area contributed by atoms with Crippen LogP contribution in [-0.4, -0.2) is 0 Å². The molecule has 0 saturated carbocycles. The summed E-state index contributed by atoms with van der Waals surface area (Å²) in [6, 6.07) is 7.77. The molecular formula is C12H17. The summed E-state index contributed by atoms with van der Waals surface area (Å²) < 4.78 is 0. The molecule has 0 bridgehead atoms. The van der Waals surface area contributed by atoms with Crippen molar-refractivity contribution >= 4 is 0 Å². The molecule has 0 heterocycles. The average Bonchev–Trinajstić information content (AvgIpc) is 1.82. The van der Waals surface area contributed by atoms with E-state index in [-0.39, 0.29) is 5.41 Å². The van der Waals surface area contributed by atoms with E-state index < -0.39 is 0 Å². The van der Waals surface area contributed by atoms with Crippen LogP contribution in [0.2, 0.25) is 0 Å². The second-order valence-corrected chi connectivity index (χ2v) is 4.50. The topological polar surface area (TPSA) is 0 Å². The first-order chi connectivity index (χ1) is 5.39. The molecule has 12 heavy (non-hydrogen) atoms. The Morgan fingerprint density at radius 1 is 1.08 bits per heavy atom. The van der Waals surface area contributed by atoms with Gasteiger partial charge in [0.2, 0.25) is 0 Å². The van der Waals surface area contributed by atoms with E-state index in [0.29, 0.717) is 0 Å². The summed E-state index contributed by atoms with van der Waals surface area (Å²) in [5, 5.41) is 0. The van der Waals surface area contributed by atoms with Gasteiger partial charge in [0.25, 0.3) is 0 Å². The molecule has 1 aromatic carbocycles. The van der Waals surface area contributed by atoms with Crippen LogP contribution >= 0.6 is 0 Å². The Morgan fingerprint density at radius 3 is 2.08 bits per heavy atom. The van der Waals surface area contributed by atoms with Crippen LogP contribution in [0.15, 0.2) is 12.1 Å². The zero-order valence-electron chi connectivity index (χ0n) is 8.65. The molecule has 0 heteroatoms. The van der Waals surface area contributed by atoms with Gasteiger partial charge in [0.05, 0.1) is 0 Å². The van der Waals surface area contributed by atoms with Crippen molar-refractivity contribution in [1.82, 2.24) is 0 Å². The highest BCUT2D eigenvalue weighted by Crippen LogP contribution is 2.23. The zero-order valence-corrected chi connectivity index (χ0v) is 8.65. The monoisotopic (exact) mass is 161 g/mol. The van der Waals surface area contributed by atoms with E-state index in [4.69, 9.17) is 0 Å². The van der Waals surface area contributed by atoms with Crippen molar-refractivity contribution < 1.29 is 0 Å². The first-order valence-electron chi connectivity index (χ1n) is 4.40. The Balaban J connectivity index is 3.18. The van der Waals surface area contributed by atoms with Crippen molar-refractivity contribution in [2.75, 3.05) is 0 Å². The third kappa shape index (κ3) is 2.10. The molecule has 1 aromatic rings. The Hall–Kier alpha value is -0.780. The van der Waals surface area contributed by atoms with Gasteiger partial charge in [0, 0.05) is 0 Å². The summed E-state index contributed by atoms with van der Waals surface area (Å²) in [6.45, 7) is 10.9. The van der Waals surface area contributed by atoms with E-state index in [0.717, 1.165) is 0 Å². The standard InChI is InChI=1S/C12H17/c1-9-6-10(2)8-11(7-9)12(3,4)5/h6-7H,1-5H3. The Morgan fingerprint density at radius 2 is 1.67 bits per heavy atom. The van der Waals surface area contributed by atoms with Crippen LogP contribution in [0.1, 0.15) is 37.5 Å². The third-order valence-electron chi connectivity index (χ3n) is 1.96. The maximum Gasteiger partial charge on any atom is -0.0111 e. The van der Waals surface area contributed by atoms with Crippen LogP contribution in [0, 0.1) is 19.9 Å². The van der Waals surface area contributed by atoms with Gasteiger partial charge in [-0.25, -0.2) is 0 Å². The molecule has 0 fully saturated rings. The minimum absolute atomic E-state index is 0.219. The third-order valence-corrected chi connectivity index (χ3v) is 1.96. The first kappa shape index (κ1) is 9.31. The maximum atomic E-state index is 3.39. The molecule has 1 radical (unpaired) electrons. The highest BCUT2D eigenvalue weighted by Gasteiger charge is 2.13. The minimum Gasteiger partial charge on any atom is -0.0561 e. The highest BCUT2D eigenvalue weighted by atomic mass is 14.2. The van der Waals surface area contributed by atoms with Crippen molar-refractivity contribution in [3.8, 4) is 0 Å². The van der Waals surface area contributed by atoms with Crippen molar-refractivity contribution in [3.05, 3.63) is 34.9 Å². The number of hydrogen-bond acceptors (Lipinski definition) is 0. The lowest BCUT2D eigenvalue weighted by Gasteiger charge is -2.19. The molecule has 0 saturated heterocycles. The summed E-state index contributed by atoms with van der Waals surface area (Å²) in [4.78, 5) is 0. The van der Waals surface area contributed by atoms with Crippen molar-refractivity contribution in [1.29, 1.82) is 0 Å². The van der Waals surface area contributed by atoms with Gasteiger partial charge in [-0.2, -0.15) is 0 Å². The van der Waals surface area contributed by atoms with Gasteiger partial charge in [-0.15, -0.1) is 0 Å². The molecule has 0 atom stereocenters. The Labute approximate surface area is 75.6 Å². The zero-order chi connectivity index (χ0) is 9.35. The summed E-state index contributed by atoms with van der Waals surface area (Å²) in [7, 11) is 0. The molecule has 0 aliphatic rings. The largest absolute Gasteiger partial charge is 0.0561 e. The summed E-state index contributed by atoms with van der Waals surface area (Å²) in [6.07, 6.45) is 0. The van der Waals surface area contributed by atoms with E-state index in [1.807, 2.05) is 0 Å². The van der Waals surface area contributed by atoms with Crippen molar-refractivity contribution in [2.45, 2.75) is 40.0 Å². The molecule has 0 aliphatic heterocycles. The van der Waals surface area contributed by atoms with Gasteiger partial charge >= 0.3 is 0 Å². The lowest BCUT2D eigenvalue weighted by atomic mass is 9.85. The van der Waals surface area contributed by atoms with Gasteiger partial charge in [0.1, 0.15) is 0 Å². The number of aryl methyl sites for hydroxylation is 2. The lowest BCUT2D eigenvalue weighted by Crippen LogP contribution is -2.11. The van der Waals surface area contributed by atoms with E-state index in [9.17, 15) is 0 Å². The van der Waals surface area contributed by atoms with Crippen LogP contribution in [0.25, 0.3) is 0 Å². The normalized spacial score (nSPS) is 11.8. The molecule has 0 aromatic heterocycles. The Kier molecular flexibility index (Phi) is 2.27. The van der Waals surface area contributed by atoms with Crippen molar-refractivity contribution in [2.24, 2.45) is 0 Å². The van der Waals surface area contributed by atoms with E-state index in [2.05, 4.69) is 52.8 Å². The fourth-order valence-corrected chi connectivity index (χ4v) is 1.30. The minimum atomic E-state index is 0.219. The molecule has 65 valence electrons. The van der Waals surface area contributed by atoms with Crippen LogP contribution in [0.4, 0.5) is 0 Å². The summed E-state index contributed by atoms with van der Waals surface area (Å²) in [5.41, 5.74) is 4.09. The molecule has 0 spiro atoms. The smallest absolute Gasteiger partial charge is 0.0111 e. The number of rotatable bonds is 0. The fourth-order valence-electron chi connectivity index (χ4n) is 1.30. The molecule has 0 N–H and O–H groups in total. The number of benzene rings is 1. The van der Waals surface area contributed by atoms with Gasteiger partial charge in [-0.3, -0.25) is 0 Å². The quantitative estimate of drug-likeness (QED) is 0.547. The molecule has 0 aliphatic carbocycles. The van der Waals surface area contributed by atoms with Gasteiger partial charge in [-0.05, 0) is 36.5 Å². The predicted molar refractivity (Wildman–Crippen MR) is 53.5 cm³/mol. The molecule has 0 unspecified atom stereocenters. The summed E-state index contributed by atoms with van der Waals surface area (Å²) in [5.74, 6) is 0. The van der Waals surface area contributed by atoms with E-state index in [1.165, 1.54) is 16.7 Å².